The van der Waals surface area contributed by atoms with Gasteiger partial charge in [0.1, 0.15) is 12.1 Å². The van der Waals surface area contributed by atoms with Gasteiger partial charge in [0.2, 0.25) is 11.8 Å². The Hall–Kier alpha value is -2.38. The van der Waals surface area contributed by atoms with E-state index >= 15 is 0 Å². The second-order valence-corrected chi connectivity index (χ2v) is 9.95. The monoisotopic (exact) mass is 526 g/mol. The fourth-order valence-electron chi connectivity index (χ4n) is 3.86. The van der Waals surface area contributed by atoms with Crippen LogP contribution in [-0.2, 0) is 28.7 Å². The summed E-state index contributed by atoms with van der Waals surface area (Å²) in [5, 5.41) is 5.22. The number of unbranched alkanes of at least 4 members (excludes halogenated alkanes) is 1. The first-order valence-corrected chi connectivity index (χ1v) is 13.8. The molecule has 0 spiro atoms. The number of ether oxygens (including phenoxy) is 2. The summed E-state index contributed by atoms with van der Waals surface area (Å²) in [4.78, 5) is 44.9. The first-order chi connectivity index (χ1) is 17.4. The Kier molecular flexibility index (Phi) is 21.5. The molecular formula is C29H54N2O6. The van der Waals surface area contributed by atoms with E-state index < -0.39 is 18.1 Å². The minimum Gasteiger partial charge on any atom is -0.467 e. The Morgan fingerprint density at radius 2 is 1.22 bits per heavy atom. The van der Waals surface area contributed by atoms with Crippen molar-refractivity contribution in [2.45, 2.75) is 125 Å². The van der Waals surface area contributed by atoms with Gasteiger partial charge >= 0.3 is 11.9 Å². The summed E-state index contributed by atoms with van der Waals surface area (Å²) < 4.78 is 9.35. The summed E-state index contributed by atoms with van der Waals surface area (Å²) in [6.45, 7) is 13.9. The minimum atomic E-state index is -0.590. The highest BCUT2D eigenvalue weighted by Gasteiger charge is 2.20. The normalized spacial score (nSPS) is 12.8. The van der Waals surface area contributed by atoms with Crippen LogP contribution in [0, 0.1) is 11.3 Å². The van der Waals surface area contributed by atoms with Crippen molar-refractivity contribution < 1.29 is 28.7 Å². The van der Waals surface area contributed by atoms with Gasteiger partial charge in [-0.05, 0) is 30.6 Å². The van der Waals surface area contributed by atoms with Crippen LogP contribution in [0.5, 0.6) is 0 Å². The molecule has 0 aromatic rings. The van der Waals surface area contributed by atoms with Crippen molar-refractivity contribution in [1.29, 1.82) is 0 Å². The molecule has 0 aliphatic heterocycles. The summed E-state index contributed by atoms with van der Waals surface area (Å²) in [6, 6.07) is -1.08. The van der Waals surface area contributed by atoms with Gasteiger partial charge < -0.3 is 20.1 Å². The maximum Gasteiger partial charge on any atom is 0.328 e. The van der Waals surface area contributed by atoms with Gasteiger partial charge in [0, 0.05) is 13.8 Å². The predicted octanol–water partition coefficient (Wildman–Crippen LogP) is 5.49. The summed E-state index contributed by atoms with van der Waals surface area (Å²) in [6.07, 6.45) is 14.0. The average Bonchev–Trinajstić information content (AvgIpc) is 2.88. The zero-order valence-corrected chi connectivity index (χ0v) is 24.9. The third kappa shape index (κ3) is 18.5. The third-order valence-corrected chi connectivity index (χ3v) is 7.09. The average molecular weight is 527 g/mol. The molecule has 8 heteroatoms. The Bertz CT molecular complexity index is 684. The van der Waals surface area contributed by atoms with Crippen LogP contribution in [0.4, 0.5) is 0 Å². The number of esters is 2. The van der Waals surface area contributed by atoms with E-state index in [-0.39, 0.29) is 17.8 Å². The van der Waals surface area contributed by atoms with Crippen molar-refractivity contribution in [3.05, 3.63) is 12.2 Å². The molecule has 2 amide bonds. The topological polar surface area (TPSA) is 111 Å². The van der Waals surface area contributed by atoms with E-state index in [9.17, 15) is 19.2 Å². The number of amides is 2. The van der Waals surface area contributed by atoms with Crippen molar-refractivity contribution in [1.82, 2.24) is 10.6 Å². The molecule has 0 aromatic carbocycles. The van der Waals surface area contributed by atoms with Gasteiger partial charge in [0.15, 0.2) is 0 Å². The number of hydrogen-bond acceptors (Lipinski definition) is 6. The molecule has 216 valence electrons. The summed E-state index contributed by atoms with van der Waals surface area (Å²) in [5.41, 5.74) is 0.311. The van der Waals surface area contributed by atoms with E-state index in [1.807, 2.05) is 6.08 Å². The highest BCUT2D eigenvalue weighted by molar-refractivity contribution is 5.83. The molecule has 2 atom stereocenters. The standard InChI is InChI=1S/C15H27NO3.C14H27NO3/c1-6-15(4,7-2)11-9-8-10-13(14(18)19-5)16-12(3)17;1-5-12(6-2)9-7-8-10-13(14(17)18-4)15-11(3)16/h8-9,13H,6-7,10-11H2,1-5H3,(H,16,17);12-13H,5-10H2,1-4H3,(H,15,16)/t2*13-/m00/s1. The number of rotatable bonds is 17. The quantitative estimate of drug-likeness (QED) is 0.147. The van der Waals surface area contributed by atoms with E-state index in [1.54, 1.807) is 0 Å². The third-order valence-electron chi connectivity index (χ3n) is 7.09. The molecule has 0 fully saturated rings. The highest BCUT2D eigenvalue weighted by Crippen LogP contribution is 2.29. The van der Waals surface area contributed by atoms with Crippen LogP contribution in [0.25, 0.3) is 0 Å². The van der Waals surface area contributed by atoms with Crippen molar-refractivity contribution in [3.8, 4) is 0 Å². The van der Waals surface area contributed by atoms with Crippen molar-refractivity contribution in [2.75, 3.05) is 14.2 Å². The Labute approximate surface area is 225 Å². The minimum absolute atomic E-state index is 0.189. The van der Waals surface area contributed by atoms with E-state index in [4.69, 9.17) is 0 Å². The summed E-state index contributed by atoms with van der Waals surface area (Å²) in [7, 11) is 2.67. The number of hydrogen-bond donors (Lipinski definition) is 2. The number of allylic oxidation sites excluding steroid dienone is 1. The Morgan fingerprint density at radius 3 is 1.65 bits per heavy atom. The van der Waals surface area contributed by atoms with E-state index in [2.05, 4.69) is 60.8 Å². The van der Waals surface area contributed by atoms with Gasteiger partial charge in [-0.25, -0.2) is 9.59 Å². The van der Waals surface area contributed by atoms with Gasteiger partial charge in [-0.15, -0.1) is 0 Å². The molecule has 0 radical (unpaired) electrons. The molecule has 0 heterocycles. The van der Waals surface area contributed by atoms with Crippen LogP contribution in [0.15, 0.2) is 12.2 Å². The number of carbonyl (C=O) groups excluding carboxylic acids is 4. The summed E-state index contributed by atoms with van der Waals surface area (Å²) >= 11 is 0. The predicted molar refractivity (Wildman–Crippen MR) is 149 cm³/mol. The first kappa shape index (κ1) is 36.8. The van der Waals surface area contributed by atoms with Gasteiger partial charge in [0.05, 0.1) is 14.2 Å². The lowest BCUT2D eigenvalue weighted by Crippen LogP contribution is -2.40. The van der Waals surface area contributed by atoms with E-state index in [1.165, 1.54) is 47.3 Å². The van der Waals surface area contributed by atoms with E-state index in [0.29, 0.717) is 18.3 Å². The molecule has 0 saturated carbocycles. The SMILES string of the molecule is CCC(C)(CC)CC=CC[C@H](NC(C)=O)C(=O)OC.CCC(CC)CCCC[C@H](NC(C)=O)C(=O)OC. The molecule has 0 rings (SSSR count). The van der Waals surface area contributed by atoms with Crippen molar-refractivity contribution in [2.24, 2.45) is 11.3 Å². The molecule has 2 N–H and O–H groups in total. The van der Waals surface area contributed by atoms with Crippen LogP contribution in [0.2, 0.25) is 0 Å². The molecule has 8 nitrogen and oxygen atoms in total. The lowest BCUT2D eigenvalue weighted by atomic mass is 9.81. The number of methoxy groups -OCH3 is 2. The van der Waals surface area contributed by atoms with Gasteiger partial charge in [0.25, 0.3) is 0 Å². The van der Waals surface area contributed by atoms with Crippen molar-refractivity contribution in [3.63, 3.8) is 0 Å². The lowest BCUT2D eigenvalue weighted by molar-refractivity contribution is -0.145. The fraction of sp³-hybridized carbons (Fsp3) is 0.793. The first-order valence-electron chi connectivity index (χ1n) is 13.8. The highest BCUT2D eigenvalue weighted by atomic mass is 16.5. The molecule has 37 heavy (non-hydrogen) atoms. The maximum absolute atomic E-state index is 11.5. The second-order valence-electron chi connectivity index (χ2n) is 9.95. The summed E-state index contributed by atoms with van der Waals surface area (Å²) in [5.74, 6) is -0.398. The van der Waals surface area contributed by atoms with Gasteiger partial charge in [-0.3, -0.25) is 9.59 Å². The van der Waals surface area contributed by atoms with Gasteiger partial charge in [-0.1, -0.05) is 91.7 Å². The zero-order valence-electron chi connectivity index (χ0n) is 24.9. The molecule has 0 unspecified atom stereocenters. The fourth-order valence-corrected chi connectivity index (χ4v) is 3.86. The van der Waals surface area contributed by atoms with Crippen molar-refractivity contribution >= 4 is 23.8 Å². The molecule has 0 aromatic heterocycles. The molecule has 0 saturated heterocycles. The van der Waals surface area contributed by atoms with Crippen LogP contribution >= 0.6 is 0 Å². The number of nitrogens with one attached hydrogen (secondary N) is 2. The van der Waals surface area contributed by atoms with Crippen LogP contribution in [0.1, 0.15) is 113 Å². The largest absolute Gasteiger partial charge is 0.467 e. The molecule has 0 aliphatic rings. The smallest absolute Gasteiger partial charge is 0.328 e. The number of carbonyl (C=O) groups is 4. The Morgan fingerprint density at radius 1 is 0.757 bits per heavy atom. The zero-order chi connectivity index (χ0) is 28.9. The van der Waals surface area contributed by atoms with Crippen LogP contribution in [0.3, 0.4) is 0 Å². The van der Waals surface area contributed by atoms with Gasteiger partial charge in [-0.2, -0.15) is 0 Å². The molecular weight excluding hydrogens is 472 g/mol. The van der Waals surface area contributed by atoms with Crippen LogP contribution in [-0.4, -0.2) is 50.1 Å². The second kappa shape index (κ2) is 21.7. The Balaban J connectivity index is 0. The lowest BCUT2D eigenvalue weighted by Gasteiger charge is -2.24. The maximum atomic E-state index is 11.5. The molecule has 0 aliphatic carbocycles. The van der Waals surface area contributed by atoms with E-state index in [0.717, 1.165) is 38.0 Å². The molecule has 0 bridgehead atoms. The van der Waals surface area contributed by atoms with Crippen LogP contribution < -0.4 is 10.6 Å².